The van der Waals surface area contributed by atoms with Gasteiger partial charge in [-0.25, -0.2) is 0 Å². The molecule has 0 fully saturated rings. The van der Waals surface area contributed by atoms with Gasteiger partial charge in [0.1, 0.15) is 0 Å². The highest BCUT2D eigenvalue weighted by Crippen LogP contribution is 2.26. The summed E-state index contributed by atoms with van der Waals surface area (Å²) in [6.07, 6.45) is 0. The van der Waals surface area contributed by atoms with Crippen LogP contribution in [0, 0.1) is 12.8 Å². The average Bonchev–Trinajstić information content (AvgIpc) is 2.77. The van der Waals surface area contributed by atoms with Crippen LogP contribution in [-0.4, -0.2) is 16.7 Å². The lowest BCUT2D eigenvalue weighted by Crippen LogP contribution is -2.18. The number of benzene rings is 1. The smallest absolute Gasteiger partial charge is 0.281 e. The van der Waals surface area contributed by atoms with Gasteiger partial charge >= 0.3 is 0 Å². The minimum Gasteiger partial charge on any atom is -0.416 e. The van der Waals surface area contributed by atoms with Gasteiger partial charge in [-0.2, -0.15) is 0 Å². The Morgan fingerprint density at radius 2 is 1.95 bits per heavy atom. The molecule has 2 rings (SSSR count). The predicted octanol–water partition coefficient (Wildman–Crippen LogP) is 3.27. The molecule has 0 saturated heterocycles. The van der Waals surface area contributed by atoms with Crippen molar-refractivity contribution in [3.63, 3.8) is 0 Å². The van der Waals surface area contributed by atoms with E-state index >= 15 is 0 Å². The van der Waals surface area contributed by atoms with Gasteiger partial charge in [0, 0.05) is 18.4 Å². The van der Waals surface area contributed by atoms with Gasteiger partial charge in [-0.1, -0.05) is 26.0 Å². The molecule has 0 spiro atoms. The third-order valence-corrected chi connectivity index (χ3v) is 3.37. The number of nitrogens with zero attached hydrogens (tertiary/aromatic N) is 2. The Balaban J connectivity index is 1.87. The second-order valence-electron chi connectivity index (χ2n) is 4.86. The minimum atomic E-state index is 0.586. The van der Waals surface area contributed by atoms with Crippen LogP contribution in [0.25, 0.3) is 0 Å². The molecule has 0 atom stereocenters. The zero-order valence-corrected chi connectivity index (χ0v) is 12.3. The maximum absolute atomic E-state index is 5.34. The summed E-state index contributed by atoms with van der Waals surface area (Å²) in [6, 6.07) is 8.41. The molecule has 0 saturated carbocycles. The van der Waals surface area contributed by atoms with Crippen LogP contribution in [-0.2, 0) is 6.54 Å². The van der Waals surface area contributed by atoms with Crippen LogP contribution in [0.5, 0.6) is 0 Å². The third-order valence-electron chi connectivity index (χ3n) is 2.52. The Morgan fingerprint density at radius 3 is 2.53 bits per heavy atom. The maximum Gasteiger partial charge on any atom is 0.281 e. The van der Waals surface area contributed by atoms with Crippen molar-refractivity contribution in [1.29, 1.82) is 0 Å². The molecule has 1 aromatic carbocycles. The van der Waals surface area contributed by atoms with E-state index in [9.17, 15) is 0 Å². The first-order valence-electron chi connectivity index (χ1n) is 6.41. The van der Waals surface area contributed by atoms with Gasteiger partial charge in [0.15, 0.2) is 0 Å². The summed E-state index contributed by atoms with van der Waals surface area (Å²) in [6.45, 7) is 8.15. The van der Waals surface area contributed by atoms with Crippen molar-refractivity contribution in [1.82, 2.24) is 15.5 Å². The number of hydrogen-bond acceptors (Lipinski definition) is 5. The summed E-state index contributed by atoms with van der Waals surface area (Å²) in [5.41, 5.74) is 1.28. The number of hydrogen-bond donors (Lipinski definition) is 1. The van der Waals surface area contributed by atoms with Crippen molar-refractivity contribution in [2.24, 2.45) is 5.92 Å². The topological polar surface area (TPSA) is 51.0 Å². The molecule has 5 heteroatoms. The van der Waals surface area contributed by atoms with Crippen LogP contribution in [0.4, 0.5) is 0 Å². The summed E-state index contributed by atoms with van der Waals surface area (Å²) < 4.78 is 5.34. The van der Waals surface area contributed by atoms with E-state index in [0.29, 0.717) is 17.0 Å². The Hall–Kier alpha value is -1.33. The largest absolute Gasteiger partial charge is 0.416 e. The van der Waals surface area contributed by atoms with Gasteiger partial charge in [0.2, 0.25) is 5.89 Å². The van der Waals surface area contributed by atoms with E-state index in [1.54, 1.807) is 6.92 Å². The molecular weight excluding hydrogens is 258 g/mol. The van der Waals surface area contributed by atoms with E-state index < -0.39 is 0 Å². The molecule has 102 valence electrons. The van der Waals surface area contributed by atoms with Crippen LogP contribution in [0.2, 0.25) is 0 Å². The molecule has 0 unspecified atom stereocenters. The fourth-order valence-corrected chi connectivity index (χ4v) is 2.32. The summed E-state index contributed by atoms with van der Waals surface area (Å²) in [4.78, 5) is 1.11. The van der Waals surface area contributed by atoms with Gasteiger partial charge < -0.3 is 9.73 Å². The zero-order valence-electron chi connectivity index (χ0n) is 11.5. The Kier molecular flexibility index (Phi) is 4.99. The van der Waals surface area contributed by atoms with Crippen molar-refractivity contribution < 1.29 is 4.42 Å². The minimum absolute atomic E-state index is 0.586. The van der Waals surface area contributed by atoms with Crippen LogP contribution in [0.15, 0.2) is 38.8 Å². The number of rotatable bonds is 6. The second kappa shape index (κ2) is 6.73. The van der Waals surface area contributed by atoms with Gasteiger partial charge in [-0.15, -0.1) is 10.2 Å². The molecule has 4 nitrogen and oxygen atoms in total. The van der Waals surface area contributed by atoms with Gasteiger partial charge in [0.05, 0.1) is 0 Å². The quantitative estimate of drug-likeness (QED) is 0.878. The standard InChI is InChI=1S/C14H19N3OS/c1-10(2)8-15-9-12-4-6-13(7-5-12)19-14-17-16-11(3)18-14/h4-7,10,15H,8-9H2,1-3H3. The second-order valence-corrected chi connectivity index (χ2v) is 5.88. The molecule has 1 N–H and O–H groups in total. The van der Waals surface area contributed by atoms with Gasteiger partial charge in [-0.05, 0) is 41.9 Å². The third kappa shape index (κ3) is 4.69. The molecule has 1 heterocycles. The molecule has 19 heavy (non-hydrogen) atoms. The first kappa shape index (κ1) is 14.1. The van der Waals surface area contributed by atoms with Crippen molar-refractivity contribution in [3.05, 3.63) is 35.7 Å². The summed E-state index contributed by atoms with van der Waals surface area (Å²) in [5, 5.41) is 11.8. The first-order chi connectivity index (χ1) is 9.13. The molecule has 2 aromatic rings. The molecule has 0 bridgehead atoms. The average molecular weight is 277 g/mol. The van der Waals surface area contributed by atoms with Crippen molar-refractivity contribution >= 4 is 11.8 Å². The van der Waals surface area contributed by atoms with E-state index in [-0.39, 0.29) is 0 Å². The monoisotopic (exact) mass is 277 g/mol. The normalized spacial score (nSPS) is 11.2. The van der Waals surface area contributed by atoms with Crippen LogP contribution in [0.1, 0.15) is 25.3 Å². The fraction of sp³-hybridized carbons (Fsp3) is 0.429. The zero-order chi connectivity index (χ0) is 13.7. The van der Waals surface area contributed by atoms with E-state index in [4.69, 9.17) is 4.42 Å². The molecule has 0 aliphatic carbocycles. The highest BCUT2D eigenvalue weighted by Gasteiger charge is 2.04. The summed E-state index contributed by atoms with van der Waals surface area (Å²) in [5.74, 6) is 1.27. The first-order valence-corrected chi connectivity index (χ1v) is 7.23. The molecule has 0 aliphatic rings. The van der Waals surface area contributed by atoms with Crippen LogP contribution in [0.3, 0.4) is 0 Å². The van der Waals surface area contributed by atoms with E-state index in [2.05, 4.69) is 53.6 Å². The Morgan fingerprint density at radius 1 is 1.21 bits per heavy atom. The van der Waals surface area contributed by atoms with Crippen LogP contribution < -0.4 is 5.32 Å². The number of nitrogens with one attached hydrogen (secondary N) is 1. The lowest BCUT2D eigenvalue weighted by atomic mass is 10.2. The van der Waals surface area contributed by atoms with E-state index in [1.807, 2.05) is 0 Å². The van der Waals surface area contributed by atoms with Gasteiger partial charge in [-0.3, -0.25) is 0 Å². The highest BCUT2D eigenvalue weighted by atomic mass is 32.2. The SMILES string of the molecule is Cc1nnc(Sc2ccc(CNCC(C)C)cc2)o1. The molecule has 0 amide bonds. The van der Waals surface area contributed by atoms with E-state index in [0.717, 1.165) is 18.0 Å². The fourth-order valence-electron chi connectivity index (χ4n) is 1.60. The number of aryl methyl sites for hydroxylation is 1. The molecule has 1 aromatic heterocycles. The molecular formula is C14H19N3OS. The molecule has 0 radical (unpaired) electrons. The summed E-state index contributed by atoms with van der Waals surface area (Å²) in [7, 11) is 0. The van der Waals surface area contributed by atoms with Crippen molar-refractivity contribution in [2.45, 2.75) is 37.4 Å². The maximum atomic E-state index is 5.34. The number of aromatic nitrogens is 2. The lowest BCUT2D eigenvalue weighted by Gasteiger charge is -2.07. The highest BCUT2D eigenvalue weighted by molar-refractivity contribution is 7.99. The van der Waals surface area contributed by atoms with Crippen molar-refractivity contribution in [2.75, 3.05) is 6.54 Å². The lowest BCUT2D eigenvalue weighted by molar-refractivity contribution is 0.429. The summed E-state index contributed by atoms with van der Waals surface area (Å²) >= 11 is 1.49. The van der Waals surface area contributed by atoms with E-state index in [1.165, 1.54) is 17.3 Å². The Labute approximate surface area is 118 Å². The molecule has 0 aliphatic heterocycles. The van der Waals surface area contributed by atoms with Crippen LogP contribution >= 0.6 is 11.8 Å². The van der Waals surface area contributed by atoms with Gasteiger partial charge in [0.25, 0.3) is 5.22 Å². The van der Waals surface area contributed by atoms with Crippen molar-refractivity contribution in [3.8, 4) is 0 Å². The Bertz CT molecular complexity index is 508. The predicted molar refractivity (Wildman–Crippen MR) is 76.1 cm³/mol.